The highest BCUT2D eigenvalue weighted by atomic mass is 32.2. The predicted molar refractivity (Wildman–Crippen MR) is 79.1 cm³/mol. The molecule has 5 heteroatoms. The molecule has 112 valence electrons. The third-order valence-electron chi connectivity index (χ3n) is 4.77. The van der Waals surface area contributed by atoms with Gasteiger partial charge in [-0.15, -0.1) is 0 Å². The van der Waals surface area contributed by atoms with Crippen molar-refractivity contribution in [2.24, 2.45) is 5.92 Å². The first-order valence-corrected chi connectivity index (χ1v) is 9.41. The largest absolute Gasteiger partial charge is 0.312 e. The van der Waals surface area contributed by atoms with Crippen LogP contribution in [0, 0.1) is 5.92 Å². The van der Waals surface area contributed by atoms with Crippen molar-refractivity contribution >= 4 is 9.84 Å². The molecule has 2 aliphatic rings. The SMILES string of the molecule is CCC(C)C1CN(CC2CCCS2(=O)=O)CCCN1. The minimum absolute atomic E-state index is 0.108. The molecule has 3 atom stereocenters. The summed E-state index contributed by atoms with van der Waals surface area (Å²) in [5.41, 5.74) is 0. The van der Waals surface area contributed by atoms with Gasteiger partial charge in [0.15, 0.2) is 9.84 Å². The molecule has 2 heterocycles. The van der Waals surface area contributed by atoms with Crippen LogP contribution >= 0.6 is 0 Å². The number of nitrogens with zero attached hydrogens (tertiary/aromatic N) is 1. The summed E-state index contributed by atoms with van der Waals surface area (Å²) >= 11 is 0. The van der Waals surface area contributed by atoms with Crippen LogP contribution in [0.2, 0.25) is 0 Å². The molecule has 4 nitrogen and oxygen atoms in total. The van der Waals surface area contributed by atoms with E-state index < -0.39 is 9.84 Å². The highest BCUT2D eigenvalue weighted by Gasteiger charge is 2.33. The van der Waals surface area contributed by atoms with E-state index >= 15 is 0 Å². The summed E-state index contributed by atoms with van der Waals surface area (Å²) in [6.45, 7) is 8.35. The van der Waals surface area contributed by atoms with Crippen LogP contribution in [0.3, 0.4) is 0 Å². The zero-order chi connectivity index (χ0) is 13.9. The minimum atomic E-state index is -2.80. The Morgan fingerprint density at radius 1 is 1.37 bits per heavy atom. The van der Waals surface area contributed by atoms with Crippen LogP contribution in [-0.4, -0.2) is 56.5 Å². The number of hydrogen-bond donors (Lipinski definition) is 1. The van der Waals surface area contributed by atoms with Gasteiger partial charge in [-0.2, -0.15) is 0 Å². The first-order valence-electron chi connectivity index (χ1n) is 7.70. The van der Waals surface area contributed by atoms with Gasteiger partial charge in [0.2, 0.25) is 0 Å². The second-order valence-corrected chi connectivity index (χ2v) is 8.59. The fourth-order valence-electron chi connectivity index (χ4n) is 3.21. The molecule has 1 N–H and O–H groups in total. The molecule has 0 saturated carbocycles. The Morgan fingerprint density at radius 2 is 2.16 bits per heavy atom. The van der Waals surface area contributed by atoms with E-state index in [4.69, 9.17) is 0 Å². The van der Waals surface area contributed by atoms with E-state index in [0.717, 1.165) is 45.4 Å². The normalized spacial score (nSPS) is 34.0. The highest BCUT2D eigenvalue weighted by molar-refractivity contribution is 7.92. The van der Waals surface area contributed by atoms with Gasteiger partial charge in [-0.1, -0.05) is 20.3 Å². The quantitative estimate of drug-likeness (QED) is 0.846. The minimum Gasteiger partial charge on any atom is -0.312 e. The first-order chi connectivity index (χ1) is 9.03. The van der Waals surface area contributed by atoms with Crippen molar-refractivity contribution in [1.29, 1.82) is 0 Å². The summed E-state index contributed by atoms with van der Waals surface area (Å²) in [6.07, 6.45) is 4.01. The van der Waals surface area contributed by atoms with Crippen molar-refractivity contribution in [2.75, 3.05) is 31.9 Å². The van der Waals surface area contributed by atoms with Crippen LogP contribution in [0.15, 0.2) is 0 Å². The summed E-state index contributed by atoms with van der Waals surface area (Å²) in [7, 11) is -2.80. The summed E-state index contributed by atoms with van der Waals surface area (Å²) in [5.74, 6) is 1.05. The topological polar surface area (TPSA) is 49.4 Å². The van der Waals surface area contributed by atoms with E-state index in [0.29, 0.717) is 17.7 Å². The smallest absolute Gasteiger partial charge is 0.154 e. The molecular formula is C14H28N2O2S. The summed E-state index contributed by atoms with van der Waals surface area (Å²) < 4.78 is 23.9. The number of nitrogens with one attached hydrogen (secondary N) is 1. The molecule has 2 saturated heterocycles. The summed E-state index contributed by atoms with van der Waals surface area (Å²) in [4.78, 5) is 2.38. The molecule has 0 aromatic rings. The zero-order valence-corrected chi connectivity index (χ0v) is 13.1. The number of hydrogen-bond acceptors (Lipinski definition) is 4. The molecule has 0 radical (unpaired) electrons. The van der Waals surface area contributed by atoms with E-state index in [-0.39, 0.29) is 5.25 Å². The molecule has 0 amide bonds. The van der Waals surface area contributed by atoms with Crippen molar-refractivity contribution in [3.63, 3.8) is 0 Å². The summed E-state index contributed by atoms with van der Waals surface area (Å²) in [5, 5.41) is 3.51. The molecule has 2 aliphatic heterocycles. The molecule has 0 aromatic carbocycles. The molecule has 0 aliphatic carbocycles. The fourth-order valence-corrected chi connectivity index (χ4v) is 5.07. The highest BCUT2D eigenvalue weighted by Crippen LogP contribution is 2.22. The monoisotopic (exact) mass is 288 g/mol. The van der Waals surface area contributed by atoms with Crippen LogP contribution in [0.5, 0.6) is 0 Å². The lowest BCUT2D eigenvalue weighted by Crippen LogP contribution is -2.44. The van der Waals surface area contributed by atoms with Crippen LogP contribution in [0.1, 0.15) is 39.5 Å². The van der Waals surface area contributed by atoms with Gasteiger partial charge in [-0.05, 0) is 38.3 Å². The van der Waals surface area contributed by atoms with Gasteiger partial charge in [-0.3, -0.25) is 0 Å². The second kappa shape index (κ2) is 6.55. The molecule has 19 heavy (non-hydrogen) atoms. The van der Waals surface area contributed by atoms with E-state index in [1.807, 2.05) is 0 Å². The Balaban J connectivity index is 1.95. The Labute approximate surface area is 117 Å². The Morgan fingerprint density at radius 3 is 2.79 bits per heavy atom. The van der Waals surface area contributed by atoms with Crippen molar-refractivity contribution in [2.45, 2.75) is 50.8 Å². The lowest BCUT2D eigenvalue weighted by Gasteiger charge is -2.29. The van der Waals surface area contributed by atoms with E-state index in [9.17, 15) is 8.42 Å². The van der Waals surface area contributed by atoms with Gasteiger partial charge >= 0.3 is 0 Å². The molecule has 2 rings (SSSR count). The molecule has 0 bridgehead atoms. The van der Waals surface area contributed by atoms with Crippen LogP contribution in [0.4, 0.5) is 0 Å². The van der Waals surface area contributed by atoms with Gasteiger partial charge < -0.3 is 10.2 Å². The average Bonchev–Trinajstić information content (AvgIpc) is 2.59. The molecule has 3 unspecified atom stereocenters. The third-order valence-corrected chi connectivity index (χ3v) is 7.03. The van der Waals surface area contributed by atoms with E-state index in [1.165, 1.54) is 6.42 Å². The summed E-state index contributed by atoms with van der Waals surface area (Å²) in [6, 6.07) is 0.511. The van der Waals surface area contributed by atoms with Gasteiger partial charge in [0, 0.05) is 19.1 Å². The molecule has 0 aromatic heterocycles. The first kappa shape index (κ1) is 15.3. The van der Waals surface area contributed by atoms with Crippen molar-refractivity contribution in [3.8, 4) is 0 Å². The van der Waals surface area contributed by atoms with Crippen LogP contribution < -0.4 is 5.32 Å². The standard InChI is InChI=1S/C14H28N2O2S/c1-3-12(2)14-11-16(8-5-7-15-14)10-13-6-4-9-19(13,17)18/h12-15H,3-11H2,1-2H3. The van der Waals surface area contributed by atoms with Crippen molar-refractivity contribution < 1.29 is 8.42 Å². The number of sulfone groups is 1. The molecule has 0 spiro atoms. The van der Waals surface area contributed by atoms with Crippen LogP contribution in [-0.2, 0) is 9.84 Å². The second-order valence-electron chi connectivity index (χ2n) is 6.19. The lowest BCUT2D eigenvalue weighted by molar-refractivity contribution is 0.236. The maximum atomic E-state index is 12.0. The average molecular weight is 288 g/mol. The van der Waals surface area contributed by atoms with Crippen LogP contribution in [0.25, 0.3) is 0 Å². The van der Waals surface area contributed by atoms with Gasteiger partial charge in [-0.25, -0.2) is 8.42 Å². The lowest BCUT2D eigenvalue weighted by atomic mass is 9.99. The van der Waals surface area contributed by atoms with E-state index in [1.54, 1.807) is 0 Å². The predicted octanol–water partition coefficient (Wildman–Crippen LogP) is 1.27. The molecule has 2 fully saturated rings. The maximum Gasteiger partial charge on any atom is 0.154 e. The van der Waals surface area contributed by atoms with Gasteiger partial charge in [0.25, 0.3) is 0 Å². The molecular weight excluding hydrogens is 260 g/mol. The maximum absolute atomic E-state index is 12.0. The Bertz CT molecular complexity index is 383. The van der Waals surface area contributed by atoms with Gasteiger partial charge in [0.05, 0.1) is 11.0 Å². The van der Waals surface area contributed by atoms with E-state index in [2.05, 4.69) is 24.1 Å². The number of rotatable bonds is 4. The fraction of sp³-hybridized carbons (Fsp3) is 1.00. The third kappa shape index (κ3) is 3.92. The van der Waals surface area contributed by atoms with Crippen molar-refractivity contribution in [1.82, 2.24) is 10.2 Å². The Kier molecular flexibility index (Phi) is 5.26. The van der Waals surface area contributed by atoms with Crippen molar-refractivity contribution in [3.05, 3.63) is 0 Å². The Hall–Kier alpha value is -0.130. The zero-order valence-electron chi connectivity index (χ0n) is 12.3. The van der Waals surface area contributed by atoms with Gasteiger partial charge in [0.1, 0.15) is 0 Å².